The minimum absolute atomic E-state index is 0.200. The number of pyridine rings is 1. The van der Waals surface area contributed by atoms with Crippen molar-refractivity contribution in [1.29, 1.82) is 0 Å². The number of ether oxygens (including phenoxy) is 1. The summed E-state index contributed by atoms with van der Waals surface area (Å²) >= 11 is 0. The van der Waals surface area contributed by atoms with Gasteiger partial charge in [0.25, 0.3) is 0 Å². The van der Waals surface area contributed by atoms with Crippen LogP contribution in [0.3, 0.4) is 0 Å². The lowest BCUT2D eigenvalue weighted by atomic mass is 10.00. The summed E-state index contributed by atoms with van der Waals surface area (Å²) < 4.78 is 18.9. The Bertz CT molecular complexity index is 938. The predicted molar refractivity (Wildman–Crippen MR) is 103 cm³/mol. The summed E-state index contributed by atoms with van der Waals surface area (Å²) in [5.74, 6) is 0.187. The molecule has 1 heterocycles. The van der Waals surface area contributed by atoms with E-state index in [1.54, 1.807) is 24.4 Å². The van der Waals surface area contributed by atoms with Gasteiger partial charge in [0, 0.05) is 11.6 Å². The second-order valence-corrected chi connectivity index (χ2v) is 6.47. The van der Waals surface area contributed by atoms with Gasteiger partial charge in [-0.1, -0.05) is 25.5 Å². The molecule has 0 saturated heterocycles. The van der Waals surface area contributed by atoms with Gasteiger partial charge in [0.2, 0.25) is 0 Å². The number of carbonyl (C=O) groups is 1. The molecule has 2 aromatic carbocycles. The Morgan fingerprint density at radius 1 is 1.19 bits per heavy atom. The monoisotopic (exact) mass is 367 g/mol. The molecule has 5 heteroatoms. The Balaban J connectivity index is 2.03. The molecule has 0 radical (unpaired) electrons. The molecule has 27 heavy (non-hydrogen) atoms. The highest BCUT2D eigenvalue weighted by molar-refractivity contribution is 5.96. The third-order valence-corrected chi connectivity index (χ3v) is 4.46. The number of fused-ring (bicyclic) bond motifs is 1. The minimum Gasteiger partial charge on any atom is -0.491 e. The number of unbranched alkanes of at least 4 members (excludes halogenated alkanes) is 1. The average Bonchev–Trinajstić information content (AvgIpc) is 2.69. The second-order valence-electron chi connectivity index (χ2n) is 6.47. The van der Waals surface area contributed by atoms with Crippen molar-refractivity contribution in [1.82, 2.24) is 4.98 Å². The van der Waals surface area contributed by atoms with Gasteiger partial charge in [0.15, 0.2) is 12.0 Å². The number of halogens is 1. The number of aldehydes is 1. The van der Waals surface area contributed by atoms with E-state index >= 15 is 0 Å². The molecule has 1 aromatic heterocycles. The van der Waals surface area contributed by atoms with Crippen LogP contribution >= 0.6 is 0 Å². The number of aromatic nitrogens is 1. The highest BCUT2D eigenvalue weighted by atomic mass is 19.1. The van der Waals surface area contributed by atoms with Gasteiger partial charge in [-0.25, -0.2) is 4.39 Å². The van der Waals surface area contributed by atoms with Crippen molar-refractivity contribution in [2.75, 3.05) is 6.61 Å². The van der Waals surface area contributed by atoms with E-state index in [0.717, 1.165) is 35.6 Å². The zero-order valence-electron chi connectivity index (χ0n) is 15.2. The molecule has 0 saturated carbocycles. The van der Waals surface area contributed by atoms with E-state index < -0.39 is 0 Å². The van der Waals surface area contributed by atoms with Gasteiger partial charge in [-0.15, -0.1) is 0 Å². The summed E-state index contributed by atoms with van der Waals surface area (Å²) in [6.45, 7) is 2.37. The SMILES string of the molecule is CCCCOc1c(C=O)cc(CO)c2cc(Cc3ccc(F)cc3)cnc12. The van der Waals surface area contributed by atoms with E-state index in [1.165, 1.54) is 12.1 Å². The second kappa shape index (κ2) is 8.73. The summed E-state index contributed by atoms with van der Waals surface area (Å²) in [5.41, 5.74) is 3.49. The van der Waals surface area contributed by atoms with Crippen LogP contribution in [0, 0.1) is 5.82 Å². The van der Waals surface area contributed by atoms with E-state index in [-0.39, 0.29) is 12.4 Å². The molecule has 0 aliphatic rings. The normalized spacial score (nSPS) is 10.9. The molecule has 0 spiro atoms. The van der Waals surface area contributed by atoms with Crippen LogP contribution in [0.2, 0.25) is 0 Å². The van der Waals surface area contributed by atoms with Gasteiger partial charge in [0.05, 0.1) is 18.8 Å². The molecule has 3 aromatic rings. The van der Waals surface area contributed by atoms with E-state index in [0.29, 0.717) is 35.4 Å². The Morgan fingerprint density at radius 3 is 2.63 bits per heavy atom. The number of rotatable bonds is 8. The van der Waals surface area contributed by atoms with Crippen molar-refractivity contribution in [2.45, 2.75) is 32.8 Å². The van der Waals surface area contributed by atoms with Crippen LogP contribution in [0.15, 0.2) is 42.6 Å². The fourth-order valence-electron chi connectivity index (χ4n) is 3.02. The first-order chi connectivity index (χ1) is 13.2. The Labute approximate surface area is 157 Å². The first-order valence-electron chi connectivity index (χ1n) is 9.04. The first-order valence-corrected chi connectivity index (χ1v) is 9.04. The summed E-state index contributed by atoms with van der Waals surface area (Å²) in [4.78, 5) is 16.0. The van der Waals surface area contributed by atoms with Gasteiger partial charge in [-0.2, -0.15) is 0 Å². The zero-order valence-corrected chi connectivity index (χ0v) is 15.2. The lowest BCUT2D eigenvalue weighted by Gasteiger charge is -2.14. The quantitative estimate of drug-likeness (QED) is 0.472. The van der Waals surface area contributed by atoms with E-state index in [4.69, 9.17) is 4.74 Å². The molecule has 0 fully saturated rings. The molecule has 0 aliphatic heterocycles. The smallest absolute Gasteiger partial charge is 0.156 e. The van der Waals surface area contributed by atoms with Crippen molar-refractivity contribution in [3.63, 3.8) is 0 Å². The molecule has 0 atom stereocenters. The van der Waals surface area contributed by atoms with Crippen LogP contribution in [-0.4, -0.2) is 23.0 Å². The van der Waals surface area contributed by atoms with Gasteiger partial charge >= 0.3 is 0 Å². The number of hydrogen-bond acceptors (Lipinski definition) is 4. The Kier molecular flexibility index (Phi) is 6.14. The minimum atomic E-state index is -0.270. The molecule has 0 aliphatic carbocycles. The highest BCUT2D eigenvalue weighted by Gasteiger charge is 2.15. The number of aliphatic hydroxyl groups is 1. The van der Waals surface area contributed by atoms with Crippen molar-refractivity contribution in [3.8, 4) is 5.75 Å². The molecule has 3 rings (SSSR count). The van der Waals surface area contributed by atoms with Crippen LogP contribution < -0.4 is 4.74 Å². The molecule has 140 valence electrons. The van der Waals surface area contributed by atoms with E-state index in [9.17, 15) is 14.3 Å². The number of hydrogen-bond donors (Lipinski definition) is 1. The molecule has 0 bridgehead atoms. The lowest BCUT2D eigenvalue weighted by Crippen LogP contribution is -2.04. The van der Waals surface area contributed by atoms with Crippen LogP contribution in [0.5, 0.6) is 5.75 Å². The molecular formula is C22H22FNO3. The molecular weight excluding hydrogens is 345 g/mol. The van der Waals surface area contributed by atoms with Crippen LogP contribution in [0.25, 0.3) is 10.9 Å². The number of carbonyl (C=O) groups excluding carboxylic acids is 1. The third-order valence-electron chi connectivity index (χ3n) is 4.46. The summed E-state index contributed by atoms with van der Waals surface area (Å²) in [7, 11) is 0. The first kappa shape index (κ1) is 19.0. The van der Waals surface area contributed by atoms with Gasteiger partial charge in [0.1, 0.15) is 11.3 Å². The number of aliphatic hydroxyl groups excluding tert-OH is 1. The van der Waals surface area contributed by atoms with Crippen LogP contribution in [0.4, 0.5) is 4.39 Å². The molecule has 4 nitrogen and oxygen atoms in total. The fraction of sp³-hybridized carbons (Fsp3) is 0.273. The van der Waals surface area contributed by atoms with Crippen molar-refractivity contribution in [3.05, 3.63) is 70.7 Å². The maximum atomic E-state index is 13.1. The van der Waals surface area contributed by atoms with E-state index in [1.807, 2.05) is 6.07 Å². The average molecular weight is 367 g/mol. The zero-order chi connectivity index (χ0) is 19.2. The Hall–Kier alpha value is -2.79. The van der Waals surface area contributed by atoms with Gasteiger partial charge < -0.3 is 9.84 Å². The van der Waals surface area contributed by atoms with Gasteiger partial charge in [-0.05, 0) is 53.8 Å². The third kappa shape index (κ3) is 4.31. The largest absolute Gasteiger partial charge is 0.491 e. The predicted octanol–water partition coefficient (Wildman–Crippen LogP) is 4.45. The summed E-state index contributed by atoms with van der Waals surface area (Å²) in [6, 6.07) is 9.93. The lowest BCUT2D eigenvalue weighted by molar-refractivity contribution is 0.111. The maximum Gasteiger partial charge on any atom is 0.156 e. The number of benzene rings is 2. The summed E-state index contributed by atoms with van der Waals surface area (Å²) in [6.07, 6.45) is 4.92. The van der Waals surface area contributed by atoms with Crippen molar-refractivity contribution in [2.24, 2.45) is 0 Å². The molecule has 0 unspecified atom stereocenters. The molecule has 0 amide bonds. The van der Waals surface area contributed by atoms with Crippen LogP contribution in [0.1, 0.15) is 46.8 Å². The topological polar surface area (TPSA) is 59.4 Å². The highest BCUT2D eigenvalue weighted by Crippen LogP contribution is 2.32. The van der Waals surface area contributed by atoms with Crippen LogP contribution in [-0.2, 0) is 13.0 Å². The maximum absolute atomic E-state index is 13.1. The van der Waals surface area contributed by atoms with Gasteiger partial charge in [-0.3, -0.25) is 9.78 Å². The van der Waals surface area contributed by atoms with Crippen molar-refractivity contribution >= 4 is 17.2 Å². The Morgan fingerprint density at radius 2 is 1.96 bits per heavy atom. The summed E-state index contributed by atoms with van der Waals surface area (Å²) in [5, 5.41) is 10.5. The standard InChI is InChI=1S/C22H22FNO3/c1-2-3-8-27-22-18(14-26)11-17(13-25)20-10-16(12-24-21(20)22)9-15-4-6-19(23)7-5-15/h4-7,10-12,14,25H,2-3,8-9,13H2,1H3. The van der Waals surface area contributed by atoms with Crippen molar-refractivity contribution < 1.29 is 19.0 Å². The number of nitrogens with zero attached hydrogens (tertiary/aromatic N) is 1. The molecule has 1 N–H and O–H groups in total. The fourth-order valence-corrected chi connectivity index (χ4v) is 3.02. The van der Waals surface area contributed by atoms with E-state index in [2.05, 4.69) is 11.9 Å².